The van der Waals surface area contributed by atoms with E-state index in [4.69, 9.17) is 4.74 Å². The molecule has 0 aromatic heterocycles. The van der Waals surface area contributed by atoms with Gasteiger partial charge < -0.3 is 15.0 Å². The summed E-state index contributed by atoms with van der Waals surface area (Å²) in [5, 5.41) is 2.76. The Labute approximate surface area is 144 Å². The Kier molecular flexibility index (Phi) is 3.67. The molecule has 1 atom stereocenters. The van der Waals surface area contributed by atoms with Crippen LogP contribution in [0.4, 0.5) is 14.9 Å². The third kappa shape index (κ3) is 2.73. The molecule has 1 fully saturated rings. The van der Waals surface area contributed by atoms with E-state index < -0.39 is 5.60 Å². The van der Waals surface area contributed by atoms with E-state index in [0.29, 0.717) is 30.8 Å². The Morgan fingerprint density at radius 3 is 2.72 bits per heavy atom. The number of benzene rings is 2. The lowest BCUT2D eigenvalue weighted by Crippen LogP contribution is -2.50. The Hall–Kier alpha value is -2.89. The van der Waals surface area contributed by atoms with Gasteiger partial charge in [-0.2, -0.15) is 0 Å². The number of carbonyl (C=O) groups excluding carboxylic acids is 2. The van der Waals surface area contributed by atoms with Crippen LogP contribution in [-0.2, 0) is 10.3 Å². The van der Waals surface area contributed by atoms with Gasteiger partial charge in [0.05, 0.1) is 12.1 Å². The fourth-order valence-electron chi connectivity index (χ4n) is 3.58. The highest BCUT2D eigenvalue weighted by Gasteiger charge is 2.48. The predicted octanol–water partition coefficient (Wildman–Crippen LogP) is 3.52. The molecular weight excluding hydrogens is 323 g/mol. The van der Waals surface area contributed by atoms with E-state index in [-0.39, 0.29) is 17.8 Å². The molecule has 2 aliphatic rings. The number of hydrogen-bond donors (Lipinski definition) is 1. The largest absolute Gasteiger partial charge is 0.449 e. The highest BCUT2D eigenvalue weighted by molar-refractivity contribution is 5.95. The molecule has 2 aromatic carbocycles. The van der Waals surface area contributed by atoms with Crippen LogP contribution in [0.1, 0.15) is 28.8 Å². The number of urea groups is 1. The van der Waals surface area contributed by atoms with Gasteiger partial charge in [-0.1, -0.05) is 18.2 Å². The molecule has 1 N–H and O–H groups in total. The number of anilines is 1. The Morgan fingerprint density at radius 1 is 1.16 bits per heavy atom. The molecule has 1 saturated heterocycles. The van der Waals surface area contributed by atoms with Gasteiger partial charge in [0.15, 0.2) is 5.60 Å². The zero-order chi connectivity index (χ0) is 17.4. The van der Waals surface area contributed by atoms with Gasteiger partial charge in [0.25, 0.3) is 0 Å². The molecule has 128 valence electrons. The number of nitrogens with one attached hydrogen (secondary N) is 1. The molecule has 6 heteroatoms. The molecule has 0 saturated carbocycles. The second-order valence-electron chi connectivity index (χ2n) is 6.39. The third-order valence-corrected chi connectivity index (χ3v) is 4.76. The number of rotatable bonds is 1. The Bertz CT molecular complexity index is 837. The topological polar surface area (TPSA) is 58.6 Å². The van der Waals surface area contributed by atoms with Gasteiger partial charge in [-0.25, -0.2) is 14.0 Å². The van der Waals surface area contributed by atoms with Crippen molar-refractivity contribution in [1.29, 1.82) is 0 Å². The smallest absolute Gasteiger partial charge is 0.339 e. The second kappa shape index (κ2) is 5.88. The third-order valence-electron chi connectivity index (χ3n) is 4.76. The van der Waals surface area contributed by atoms with Crippen LogP contribution in [0.25, 0.3) is 0 Å². The van der Waals surface area contributed by atoms with Crippen LogP contribution < -0.4 is 5.32 Å². The molecule has 2 heterocycles. The predicted molar refractivity (Wildman–Crippen MR) is 89.8 cm³/mol. The number of fused-ring (bicyclic) bond motifs is 2. The van der Waals surface area contributed by atoms with Crippen LogP contribution in [0.3, 0.4) is 0 Å². The van der Waals surface area contributed by atoms with Crippen LogP contribution >= 0.6 is 0 Å². The SMILES string of the molecule is O=C1OC2(CCCN(C(=O)Nc3ccc(F)cc3)C2)c2ccccc21. The maximum Gasteiger partial charge on any atom is 0.339 e. The van der Waals surface area contributed by atoms with Crippen molar-refractivity contribution in [1.82, 2.24) is 4.90 Å². The Balaban J connectivity index is 1.54. The summed E-state index contributed by atoms with van der Waals surface area (Å²) in [4.78, 5) is 26.4. The van der Waals surface area contributed by atoms with Crippen molar-refractivity contribution in [3.05, 3.63) is 65.5 Å². The number of halogens is 1. The van der Waals surface area contributed by atoms with Gasteiger partial charge in [0, 0.05) is 17.8 Å². The minimum Gasteiger partial charge on any atom is -0.449 e. The average Bonchev–Trinajstić information content (AvgIpc) is 2.89. The van der Waals surface area contributed by atoms with Crippen molar-refractivity contribution in [2.45, 2.75) is 18.4 Å². The number of carbonyl (C=O) groups is 2. The molecule has 0 aliphatic carbocycles. The van der Waals surface area contributed by atoms with E-state index in [1.807, 2.05) is 12.1 Å². The Morgan fingerprint density at radius 2 is 1.92 bits per heavy atom. The summed E-state index contributed by atoms with van der Waals surface area (Å²) in [6.07, 6.45) is 1.43. The van der Waals surface area contributed by atoms with Crippen LogP contribution in [0, 0.1) is 5.82 Å². The van der Waals surface area contributed by atoms with Crippen molar-refractivity contribution >= 4 is 17.7 Å². The molecule has 1 spiro atoms. The van der Waals surface area contributed by atoms with Gasteiger partial charge in [-0.3, -0.25) is 0 Å². The standard InChI is InChI=1S/C19H17FN2O3/c20-13-6-8-14(9-7-13)21-18(24)22-11-3-10-19(12-22)16-5-2-1-4-15(16)17(23)25-19/h1-2,4-9H,3,10-12H2,(H,21,24). The molecule has 4 rings (SSSR count). The summed E-state index contributed by atoms with van der Waals surface area (Å²) >= 11 is 0. The zero-order valence-electron chi connectivity index (χ0n) is 13.5. The molecule has 5 nitrogen and oxygen atoms in total. The average molecular weight is 340 g/mol. The van der Waals surface area contributed by atoms with Crippen molar-refractivity contribution in [3.63, 3.8) is 0 Å². The second-order valence-corrected chi connectivity index (χ2v) is 6.39. The maximum absolute atomic E-state index is 13.0. The van der Waals surface area contributed by atoms with E-state index in [9.17, 15) is 14.0 Å². The summed E-state index contributed by atoms with van der Waals surface area (Å²) in [6.45, 7) is 0.886. The van der Waals surface area contributed by atoms with Crippen molar-refractivity contribution in [2.24, 2.45) is 0 Å². The van der Waals surface area contributed by atoms with Crippen molar-refractivity contribution in [3.8, 4) is 0 Å². The number of likely N-dealkylation sites (tertiary alicyclic amines) is 1. The molecule has 2 aliphatic heterocycles. The van der Waals surface area contributed by atoms with Crippen LogP contribution in [0.2, 0.25) is 0 Å². The van der Waals surface area contributed by atoms with E-state index in [1.165, 1.54) is 24.3 Å². The molecule has 2 amide bonds. The summed E-state index contributed by atoms with van der Waals surface area (Å²) in [7, 11) is 0. The lowest BCUT2D eigenvalue weighted by atomic mass is 9.85. The summed E-state index contributed by atoms with van der Waals surface area (Å²) in [5.41, 5.74) is 1.17. The first-order valence-corrected chi connectivity index (χ1v) is 8.22. The van der Waals surface area contributed by atoms with Crippen molar-refractivity contribution in [2.75, 3.05) is 18.4 Å². The fraction of sp³-hybridized carbons (Fsp3) is 0.263. The number of esters is 1. The number of ether oxygens (including phenoxy) is 1. The molecule has 1 unspecified atom stereocenters. The van der Waals surface area contributed by atoms with Gasteiger partial charge >= 0.3 is 12.0 Å². The molecule has 0 bridgehead atoms. The summed E-state index contributed by atoms with van der Waals surface area (Å²) in [5.74, 6) is -0.694. The van der Waals surface area contributed by atoms with E-state index in [2.05, 4.69) is 5.32 Å². The van der Waals surface area contributed by atoms with Crippen LogP contribution in [0.5, 0.6) is 0 Å². The van der Waals surface area contributed by atoms with Gasteiger partial charge in [0.2, 0.25) is 0 Å². The van der Waals surface area contributed by atoms with Crippen LogP contribution in [-0.4, -0.2) is 30.0 Å². The molecule has 2 aromatic rings. The lowest BCUT2D eigenvalue weighted by molar-refractivity contribution is -0.0400. The highest BCUT2D eigenvalue weighted by atomic mass is 19.1. The van der Waals surface area contributed by atoms with Gasteiger partial charge in [-0.05, 0) is 43.2 Å². The molecular formula is C19H17FN2O3. The fourth-order valence-corrected chi connectivity index (χ4v) is 3.58. The number of nitrogens with zero attached hydrogens (tertiary/aromatic N) is 1. The highest BCUT2D eigenvalue weighted by Crippen LogP contribution is 2.42. The summed E-state index contributed by atoms with van der Waals surface area (Å²) < 4.78 is 18.7. The monoisotopic (exact) mass is 340 g/mol. The molecule has 0 radical (unpaired) electrons. The van der Waals surface area contributed by atoms with Crippen LogP contribution in [0.15, 0.2) is 48.5 Å². The number of amides is 2. The van der Waals surface area contributed by atoms with Crippen molar-refractivity contribution < 1.29 is 18.7 Å². The minimum atomic E-state index is -0.772. The summed E-state index contributed by atoms with van der Waals surface area (Å²) in [6, 6.07) is 12.7. The zero-order valence-corrected chi connectivity index (χ0v) is 13.5. The number of hydrogen-bond acceptors (Lipinski definition) is 3. The van der Waals surface area contributed by atoms with Gasteiger partial charge in [0.1, 0.15) is 5.82 Å². The number of piperidine rings is 1. The van der Waals surface area contributed by atoms with E-state index in [0.717, 1.165) is 12.0 Å². The lowest BCUT2D eigenvalue weighted by Gasteiger charge is -2.39. The van der Waals surface area contributed by atoms with E-state index in [1.54, 1.807) is 17.0 Å². The first-order chi connectivity index (χ1) is 12.1. The normalized spacial score (nSPS) is 21.8. The first-order valence-electron chi connectivity index (χ1n) is 8.22. The maximum atomic E-state index is 13.0. The quantitative estimate of drug-likeness (QED) is 0.808. The van der Waals surface area contributed by atoms with E-state index >= 15 is 0 Å². The molecule has 25 heavy (non-hydrogen) atoms. The first kappa shape index (κ1) is 15.6. The minimum absolute atomic E-state index is 0.286. The van der Waals surface area contributed by atoms with Gasteiger partial charge in [-0.15, -0.1) is 0 Å².